The van der Waals surface area contributed by atoms with Crippen molar-refractivity contribution in [3.63, 3.8) is 0 Å². The van der Waals surface area contributed by atoms with Gasteiger partial charge in [-0.25, -0.2) is 10.1 Å². The van der Waals surface area contributed by atoms with Gasteiger partial charge in [-0.05, 0) is 42.2 Å². The second-order valence-electron chi connectivity index (χ2n) is 6.51. The van der Waals surface area contributed by atoms with Crippen molar-refractivity contribution in [2.75, 3.05) is 30.3 Å². The van der Waals surface area contributed by atoms with Gasteiger partial charge in [0.05, 0.1) is 12.8 Å². The Bertz CT molecular complexity index is 1050. The Labute approximate surface area is 171 Å². The summed E-state index contributed by atoms with van der Waals surface area (Å²) in [6.07, 6.45) is 3.50. The number of hydrogen-bond acceptors (Lipinski definition) is 10. The van der Waals surface area contributed by atoms with Crippen LogP contribution in [-0.4, -0.2) is 57.1 Å². The number of nitrogens with one attached hydrogen (secondary N) is 1. The summed E-state index contributed by atoms with van der Waals surface area (Å²) < 4.78 is 11.6. The van der Waals surface area contributed by atoms with Gasteiger partial charge in [-0.2, -0.15) is 9.78 Å². The summed E-state index contributed by atoms with van der Waals surface area (Å²) in [5, 5.41) is 19.4. The molecule has 2 aromatic heterocycles. The van der Waals surface area contributed by atoms with Crippen LogP contribution in [0, 0.1) is 0 Å². The number of anilines is 2. The van der Waals surface area contributed by atoms with Crippen molar-refractivity contribution in [2.45, 2.75) is 19.8 Å². The Balaban J connectivity index is 1.59. The fourth-order valence-corrected chi connectivity index (χ4v) is 3.20. The van der Waals surface area contributed by atoms with Gasteiger partial charge in [0.25, 0.3) is 5.91 Å². The number of para-hydroxylation sites is 1. The molecule has 0 unspecified atom stereocenters. The second-order valence-corrected chi connectivity index (χ2v) is 6.51. The molecule has 1 aliphatic rings. The van der Waals surface area contributed by atoms with E-state index in [9.17, 15) is 4.79 Å². The Kier molecular flexibility index (Phi) is 5.54. The minimum Gasteiger partial charge on any atom is -0.493 e. The lowest BCUT2D eigenvalue weighted by Crippen LogP contribution is -2.26. The molecular formula is C18H21N9O3. The number of carbonyl (C=O) groups excluding carboxylic acids is 1. The van der Waals surface area contributed by atoms with Gasteiger partial charge in [-0.3, -0.25) is 4.79 Å². The molecule has 4 rings (SSSR count). The Morgan fingerprint density at radius 3 is 2.87 bits per heavy atom. The third-order valence-corrected chi connectivity index (χ3v) is 4.55. The number of nitrogens with zero attached hydrogens (tertiary/aromatic N) is 7. The molecule has 0 aliphatic carbocycles. The molecule has 156 valence electrons. The monoisotopic (exact) mass is 411 g/mol. The topological polar surface area (TPSA) is 150 Å². The van der Waals surface area contributed by atoms with Crippen LogP contribution >= 0.6 is 0 Å². The molecule has 0 atom stereocenters. The minimum atomic E-state index is -0.511. The highest BCUT2D eigenvalue weighted by molar-refractivity contribution is 5.98. The van der Waals surface area contributed by atoms with E-state index in [0.29, 0.717) is 18.2 Å². The summed E-state index contributed by atoms with van der Waals surface area (Å²) >= 11 is 0. The number of aromatic nitrogens is 5. The maximum absolute atomic E-state index is 12.8. The highest BCUT2D eigenvalue weighted by Crippen LogP contribution is 2.27. The van der Waals surface area contributed by atoms with Gasteiger partial charge in [0.2, 0.25) is 11.6 Å². The van der Waals surface area contributed by atoms with Crippen LogP contribution in [0.25, 0.3) is 5.82 Å². The van der Waals surface area contributed by atoms with Crippen LogP contribution < -0.4 is 20.8 Å². The van der Waals surface area contributed by atoms with Gasteiger partial charge < -0.3 is 15.4 Å². The average Bonchev–Trinajstić information content (AvgIpc) is 3.49. The molecule has 3 aromatic rings. The Morgan fingerprint density at radius 1 is 1.33 bits per heavy atom. The van der Waals surface area contributed by atoms with Crippen LogP contribution in [0.3, 0.4) is 0 Å². The fraction of sp³-hybridized carbons (Fsp3) is 0.333. The number of benzene rings is 1. The number of nitrogens with two attached hydrogens (primary N) is 1. The average molecular weight is 411 g/mol. The van der Waals surface area contributed by atoms with Crippen molar-refractivity contribution in [3.8, 4) is 11.6 Å². The van der Waals surface area contributed by atoms with Crippen molar-refractivity contribution in [3.05, 3.63) is 35.5 Å². The van der Waals surface area contributed by atoms with Crippen LogP contribution in [0.15, 0.2) is 34.0 Å². The predicted octanol–water partition coefficient (Wildman–Crippen LogP) is 0.995. The Morgan fingerprint density at radius 2 is 2.13 bits per heavy atom. The molecule has 12 heteroatoms. The third kappa shape index (κ3) is 3.79. The fourth-order valence-electron chi connectivity index (χ4n) is 3.20. The number of hydrazone groups is 1. The molecule has 1 aromatic carbocycles. The van der Waals surface area contributed by atoms with Crippen molar-refractivity contribution in [1.82, 2.24) is 30.7 Å². The highest BCUT2D eigenvalue weighted by Gasteiger charge is 2.29. The SMILES string of the molecule is CCOc1ccccc1/C=N/NC(=O)c1nnn(-c2nonc2N)c1N1CCCC1. The van der Waals surface area contributed by atoms with Crippen LogP contribution in [0.5, 0.6) is 5.75 Å². The number of nitrogen functional groups attached to an aromatic ring is 1. The third-order valence-electron chi connectivity index (χ3n) is 4.55. The highest BCUT2D eigenvalue weighted by atomic mass is 16.6. The van der Waals surface area contributed by atoms with E-state index in [4.69, 9.17) is 10.5 Å². The van der Waals surface area contributed by atoms with Crippen molar-refractivity contribution >= 4 is 23.8 Å². The number of hydrogen-bond donors (Lipinski definition) is 2. The maximum atomic E-state index is 12.8. The summed E-state index contributed by atoms with van der Waals surface area (Å²) in [5.41, 5.74) is 9.14. The smallest absolute Gasteiger partial charge is 0.295 e. The number of carbonyl (C=O) groups is 1. The van der Waals surface area contributed by atoms with Crippen molar-refractivity contribution < 1.29 is 14.2 Å². The zero-order valence-corrected chi connectivity index (χ0v) is 16.4. The van der Waals surface area contributed by atoms with Crippen LogP contribution in [0.1, 0.15) is 35.8 Å². The minimum absolute atomic E-state index is 0.0536. The first-order valence-electron chi connectivity index (χ1n) is 9.53. The molecule has 0 radical (unpaired) electrons. The van der Waals surface area contributed by atoms with E-state index >= 15 is 0 Å². The normalized spacial score (nSPS) is 13.8. The maximum Gasteiger partial charge on any atom is 0.295 e. The molecule has 3 N–H and O–H groups in total. The summed E-state index contributed by atoms with van der Waals surface area (Å²) in [4.78, 5) is 14.8. The first kappa shape index (κ1) is 19.4. The van der Waals surface area contributed by atoms with Crippen LogP contribution in [0.4, 0.5) is 11.6 Å². The number of rotatable bonds is 7. The lowest BCUT2D eigenvalue weighted by molar-refractivity contribution is 0.0950. The van der Waals surface area contributed by atoms with E-state index in [1.807, 2.05) is 36.1 Å². The van der Waals surface area contributed by atoms with E-state index in [2.05, 4.69) is 35.8 Å². The van der Waals surface area contributed by atoms with E-state index in [1.165, 1.54) is 10.9 Å². The largest absolute Gasteiger partial charge is 0.493 e. The van der Waals surface area contributed by atoms with Crippen LogP contribution in [0.2, 0.25) is 0 Å². The molecular weight excluding hydrogens is 390 g/mol. The molecule has 0 bridgehead atoms. The standard InChI is InChI=1S/C18H21N9O3/c1-2-29-13-8-4-3-7-12(13)11-20-22-17(28)14-18(26-9-5-6-10-26)27(25-21-14)16-15(19)23-30-24-16/h3-4,7-8,11H,2,5-6,9-10H2,1H3,(H2,19,23)(H,22,28)/b20-11+. The zero-order valence-electron chi connectivity index (χ0n) is 16.4. The first-order valence-corrected chi connectivity index (χ1v) is 9.53. The molecule has 3 heterocycles. The lowest BCUT2D eigenvalue weighted by Gasteiger charge is -2.18. The molecule has 0 spiro atoms. The number of amides is 1. The predicted molar refractivity (Wildman–Crippen MR) is 108 cm³/mol. The second kappa shape index (κ2) is 8.59. The lowest BCUT2D eigenvalue weighted by atomic mass is 10.2. The molecule has 12 nitrogen and oxygen atoms in total. The van der Waals surface area contributed by atoms with E-state index in [-0.39, 0.29) is 17.3 Å². The molecule has 1 saturated heterocycles. The summed E-state index contributed by atoms with van der Waals surface area (Å²) in [7, 11) is 0. The molecule has 1 amide bonds. The van der Waals surface area contributed by atoms with E-state index < -0.39 is 5.91 Å². The first-order chi connectivity index (χ1) is 14.7. The van der Waals surface area contributed by atoms with Crippen LogP contribution in [-0.2, 0) is 0 Å². The quantitative estimate of drug-likeness (QED) is 0.428. The zero-order chi connectivity index (χ0) is 20.9. The summed E-state index contributed by atoms with van der Waals surface area (Å²) in [6.45, 7) is 3.93. The van der Waals surface area contributed by atoms with Gasteiger partial charge in [-0.1, -0.05) is 17.3 Å². The summed E-state index contributed by atoms with van der Waals surface area (Å²) in [5.74, 6) is 0.867. The van der Waals surface area contributed by atoms with E-state index in [0.717, 1.165) is 31.5 Å². The Hall–Kier alpha value is -3.96. The van der Waals surface area contributed by atoms with E-state index in [1.54, 1.807) is 0 Å². The van der Waals surface area contributed by atoms with Gasteiger partial charge in [0.15, 0.2) is 11.5 Å². The van der Waals surface area contributed by atoms with Crippen molar-refractivity contribution in [2.24, 2.45) is 5.10 Å². The molecule has 1 aliphatic heterocycles. The van der Waals surface area contributed by atoms with Crippen molar-refractivity contribution in [1.29, 1.82) is 0 Å². The van der Waals surface area contributed by atoms with Gasteiger partial charge in [-0.15, -0.1) is 5.10 Å². The number of ether oxygens (including phenoxy) is 1. The van der Waals surface area contributed by atoms with Gasteiger partial charge >= 0.3 is 0 Å². The molecule has 30 heavy (non-hydrogen) atoms. The van der Waals surface area contributed by atoms with Gasteiger partial charge in [0.1, 0.15) is 5.75 Å². The molecule has 1 fully saturated rings. The molecule has 0 saturated carbocycles. The summed E-state index contributed by atoms with van der Waals surface area (Å²) in [6, 6.07) is 7.40. The van der Waals surface area contributed by atoms with Gasteiger partial charge in [0, 0.05) is 18.7 Å².